The van der Waals surface area contributed by atoms with Crippen LogP contribution in [0.4, 0.5) is 5.82 Å². The Morgan fingerprint density at radius 2 is 2.22 bits per heavy atom. The van der Waals surface area contributed by atoms with E-state index in [9.17, 15) is 5.26 Å². The molecule has 23 heavy (non-hydrogen) atoms. The van der Waals surface area contributed by atoms with Gasteiger partial charge in [0.2, 0.25) is 0 Å². The number of allylic oxidation sites excluding steroid dienone is 1. The van der Waals surface area contributed by atoms with Crippen LogP contribution in [0.5, 0.6) is 5.88 Å². The Labute approximate surface area is 137 Å². The van der Waals surface area contributed by atoms with Crippen molar-refractivity contribution in [1.29, 1.82) is 5.26 Å². The standard InChI is InChI=1S/C18H22N4O/c1-5-8-22-17(20)16(10-19)18(21-22)23-11-15-9-14(12(2)3)7-6-13(15)4/h5-7,9,12H,1,8,11,20H2,2-4H3. The molecular formula is C18H22N4O. The molecule has 2 N–H and O–H groups in total. The smallest absolute Gasteiger partial charge is 0.253 e. The molecule has 0 saturated carbocycles. The van der Waals surface area contributed by atoms with Crippen LogP contribution in [0.1, 0.15) is 42.0 Å². The summed E-state index contributed by atoms with van der Waals surface area (Å²) in [6, 6.07) is 8.40. The van der Waals surface area contributed by atoms with E-state index in [4.69, 9.17) is 10.5 Å². The summed E-state index contributed by atoms with van der Waals surface area (Å²) >= 11 is 0. The number of ether oxygens (including phenoxy) is 1. The zero-order chi connectivity index (χ0) is 17.0. The molecule has 0 amide bonds. The minimum absolute atomic E-state index is 0.265. The van der Waals surface area contributed by atoms with Gasteiger partial charge < -0.3 is 10.5 Å². The number of nitriles is 1. The first-order valence-corrected chi connectivity index (χ1v) is 7.57. The Morgan fingerprint density at radius 3 is 2.83 bits per heavy atom. The fourth-order valence-corrected chi connectivity index (χ4v) is 2.27. The lowest BCUT2D eigenvalue weighted by molar-refractivity contribution is 0.288. The van der Waals surface area contributed by atoms with Crippen LogP contribution in [0.3, 0.4) is 0 Å². The molecule has 2 rings (SSSR count). The highest BCUT2D eigenvalue weighted by Gasteiger charge is 2.16. The van der Waals surface area contributed by atoms with Crippen molar-refractivity contribution in [3.8, 4) is 11.9 Å². The van der Waals surface area contributed by atoms with Crippen LogP contribution in [-0.2, 0) is 13.2 Å². The molecule has 0 saturated heterocycles. The molecule has 0 unspecified atom stereocenters. The number of anilines is 1. The monoisotopic (exact) mass is 310 g/mol. The number of aromatic nitrogens is 2. The fourth-order valence-electron chi connectivity index (χ4n) is 2.27. The first-order chi connectivity index (χ1) is 11.0. The van der Waals surface area contributed by atoms with E-state index in [1.54, 1.807) is 6.08 Å². The van der Waals surface area contributed by atoms with Crippen LogP contribution < -0.4 is 10.5 Å². The van der Waals surface area contributed by atoms with E-state index >= 15 is 0 Å². The van der Waals surface area contributed by atoms with E-state index in [1.165, 1.54) is 10.2 Å². The van der Waals surface area contributed by atoms with Gasteiger partial charge in [0, 0.05) is 0 Å². The van der Waals surface area contributed by atoms with Crippen molar-refractivity contribution in [3.63, 3.8) is 0 Å². The van der Waals surface area contributed by atoms with E-state index in [1.807, 2.05) is 6.92 Å². The maximum atomic E-state index is 9.26. The van der Waals surface area contributed by atoms with E-state index in [0.29, 0.717) is 24.9 Å². The van der Waals surface area contributed by atoms with Gasteiger partial charge in [0.15, 0.2) is 5.56 Å². The first-order valence-electron chi connectivity index (χ1n) is 7.57. The number of hydrogen-bond acceptors (Lipinski definition) is 4. The van der Waals surface area contributed by atoms with Crippen molar-refractivity contribution in [2.24, 2.45) is 0 Å². The maximum absolute atomic E-state index is 9.26. The number of nitrogens with two attached hydrogens (primary N) is 1. The van der Waals surface area contributed by atoms with Gasteiger partial charge in [-0.2, -0.15) is 5.26 Å². The summed E-state index contributed by atoms with van der Waals surface area (Å²) < 4.78 is 7.28. The number of nitrogen functional groups attached to an aromatic ring is 1. The van der Waals surface area contributed by atoms with Crippen molar-refractivity contribution < 1.29 is 4.74 Å². The summed E-state index contributed by atoms with van der Waals surface area (Å²) in [5.74, 6) is 1.02. The Hall–Kier alpha value is -2.74. The molecule has 0 aliphatic rings. The predicted molar refractivity (Wildman–Crippen MR) is 91.2 cm³/mol. The van der Waals surface area contributed by atoms with Crippen LogP contribution in [0, 0.1) is 18.3 Å². The zero-order valence-electron chi connectivity index (χ0n) is 13.8. The number of rotatable bonds is 6. The van der Waals surface area contributed by atoms with Gasteiger partial charge in [0.1, 0.15) is 18.5 Å². The molecule has 1 heterocycles. The molecule has 0 bridgehead atoms. The SMILES string of the molecule is C=CCn1nc(OCc2cc(C(C)C)ccc2C)c(C#N)c1N. The molecule has 0 aliphatic heterocycles. The van der Waals surface area contributed by atoms with Gasteiger partial charge in [-0.15, -0.1) is 11.7 Å². The third kappa shape index (κ3) is 3.54. The average molecular weight is 310 g/mol. The molecule has 120 valence electrons. The van der Waals surface area contributed by atoms with Crippen LogP contribution in [-0.4, -0.2) is 9.78 Å². The summed E-state index contributed by atoms with van der Waals surface area (Å²) in [7, 11) is 0. The first kappa shape index (κ1) is 16.6. The van der Waals surface area contributed by atoms with Crippen LogP contribution in [0.15, 0.2) is 30.9 Å². The lowest BCUT2D eigenvalue weighted by atomic mass is 9.98. The molecule has 5 heteroatoms. The van der Waals surface area contributed by atoms with Crippen LogP contribution in [0.2, 0.25) is 0 Å². The molecule has 0 atom stereocenters. The maximum Gasteiger partial charge on any atom is 0.253 e. The summed E-state index contributed by atoms with van der Waals surface area (Å²) in [5.41, 5.74) is 9.66. The highest BCUT2D eigenvalue weighted by molar-refractivity contribution is 5.55. The third-order valence-corrected chi connectivity index (χ3v) is 3.78. The van der Waals surface area contributed by atoms with E-state index in [-0.39, 0.29) is 11.4 Å². The number of hydrogen-bond donors (Lipinski definition) is 1. The third-order valence-electron chi connectivity index (χ3n) is 3.78. The van der Waals surface area contributed by atoms with Crippen molar-refractivity contribution >= 4 is 5.82 Å². The van der Waals surface area contributed by atoms with Gasteiger partial charge in [-0.05, 0) is 29.5 Å². The summed E-state index contributed by atoms with van der Waals surface area (Å²) in [6.45, 7) is 10.8. The molecule has 0 radical (unpaired) electrons. The molecule has 2 aromatic rings. The molecule has 1 aromatic carbocycles. The average Bonchev–Trinajstić information content (AvgIpc) is 2.82. The zero-order valence-corrected chi connectivity index (χ0v) is 13.8. The highest BCUT2D eigenvalue weighted by atomic mass is 16.5. The summed E-state index contributed by atoms with van der Waals surface area (Å²) in [4.78, 5) is 0. The van der Waals surface area contributed by atoms with E-state index in [0.717, 1.165) is 11.1 Å². The van der Waals surface area contributed by atoms with Gasteiger partial charge in [0.05, 0.1) is 6.54 Å². The Balaban J connectivity index is 2.24. The number of benzene rings is 1. The normalized spacial score (nSPS) is 10.6. The van der Waals surface area contributed by atoms with E-state index < -0.39 is 0 Å². The summed E-state index contributed by atoms with van der Waals surface area (Å²) in [6.07, 6.45) is 1.67. The number of nitrogens with zero attached hydrogens (tertiary/aromatic N) is 3. The predicted octanol–water partition coefficient (Wildman–Crippen LogP) is 3.53. The largest absolute Gasteiger partial charge is 0.471 e. The number of aryl methyl sites for hydroxylation is 1. The highest BCUT2D eigenvalue weighted by Crippen LogP contribution is 2.25. The van der Waals surface area contributed by atoms with Gasteiger partial charge in [-0.25, -0.2) is 4.68 Å². The Bertz CT molecular complexity index is 753. The van der Waals surface area contributed by atoms with Crippen LogP contribution in [0.25, 0.3) is 0 Å². The van der Waals surface area contributed by atoms with Gasteiger partial charge in [-0.1, -0.05) is 38.1 Å². The molecule has 5 nitrogen and oxygen atoms in total. The van der Waals surface area contributed by atoms with Gasteiger partial charge in [-0.3, -0.25) is 0 Å². The van der Waals surface area contributed by atoms with Crippen molar-refractivity contribution in [2.45, 2.75) is 39.8 Å². The topological polar surface area (TPSA) is 76.9 Å². The van der Waals surface area contributed by atoms with Gasteiger partial charge in [0.25, 0.3) is 5.88 Å². The Kier molecular flexibility index (Phi) is 5.07. The quantitative estimate of drug-likeness (QED) is 0.828. The van der Waals surface area contributed by atoms with Crippen molar-refractivity contribution in [1.82, 2.24) is 9.78 Å². The van der Waals surface area contributed by atoms with Gasteiger partial charge >= 0.3 is 0 Å². The summed E-state index contributed by atoms with van der Waals surface area (Å²) in [5, 5.41) is 13.5. The fraction of sp³-hybridized carbons (Fsp3) is 0.333. The molecular weight excluding hydrogens is 288 g/mol. The lowest BCUT2D eigenvalue weighted by Crippen LogP contribution is -2.03. The second-order valence-electron chi connectivity index (χ2n) is 5.78. The van der Waals surface area contributed by atoms with Crippen LogP contribution >= 0.6 is 0 Å². The van der Waals surface area contributed by atoms with Crippen molar-refractivity contribution in [3.05, 3.63) is 53.1 Å². The van der Waals surface area contributed by atoms with Crippen molar-refractivity contribution in [2.75, 3.05) is 5.73 Å². The molecule has 0 aliphatic carbocycles. The Morgan fingerprint density at radius 1 is 1.48 bits per heavy atom. The second-order valence-corrected chi connectivity index (χ2v) is 5.78. The minimum atomic E-state index is 0.265. The molecule has 0 fully saturated rings. The molecule has 1 aromatic heterocycles. The minimum Gasteiger partial charge on any atom is -0.471 e. The lowest BCUT2D eigenvalue weighted by Gasteiger charge is -2.11. The molecule has 0 spiro atoms. The second kappa shape index (κ2) is 7.01. The van der Waals surface area contributed by atoms with E-state index in [2.05, 4.69) is 49.8 Å².